The summed E-state index contributed by atoms with van der Waals surface area (Å²) in [6, 6.07) is 7.74. The van der Waals surface area contributed by atoms with Crippen molar-refractivity contribution in [2.24, 2.45) is 4.99 Å². The molecule has 0 saturated carbocycles. The molecule has 1 fully saturated rings. The Labute approximate surface area is 161 Å². The predicted octanol–water partition coefficient (Wildman–Crippen LogP) is 1.59. The molecule has 2 heterocycles. The molecule has 2 aliphatic heterocycles. The van der Waals surface area contributed by atoms with Crippen LogP contribution in [0.5, 0.6) is 0 Å². The SMILES string of the molecule is CCNC(=NCCC1C(=O)Nc2ccccc21)N1CCS(=O)(=O)C(C)(C)C1. The number of nitrogens with zero attached hydrogens (tertiary/aromatic N) is 2. The van der Waals surface area contributed by atoms with Crippen molar-refractivity contribution in [1.82, 2.24) is 10.2 Å². The first kappa shape index (κ1) is 19.7. The zero-order valence-electron chi connectivity index (χ0n) is 16.2. The number of guanidine groups is 1. The maximum absolute atomic E-state index is 12.2. The Balaban J connectivity index is 1.69. The molecule has 7 nitrogen and oxygen atoms in total. The number of carbonyl (C=O) groups excluding carboxylic acids is 1. The average Bonchev–Trinajstić information content (AvgIpc) is 2.92. The van der Waals surface area contributed by atoms with E-state index in [0.29, 0.717) is 38.6 Å². The summed E-state index contributed by atoms with van der Waals surface area (Å²) in [5.74, 6) is 0.669. The van der Waals surface area contributed by atoms with Gasteiger partial charge in [0.2, 0.25) is 5.91 Å². The van der Waals surface area contributed by atoms with E-state index in [-0.39, 0.29) is 17.6 Å². The van der Waals surface area contributed by atoms with Gasteiger partial charge < -0.3 is 15.5 Å². The number of benzene rings is 1. The number of para-hydroxylation sites is 1. The number of nitrogens with one attached hydrogen (secondary N) is 2. The van der Waals surface area contributed by atoms with Crippen LogP contribution in [0.25, 0.3) is 0 Å². The quantitative estimate of drug-likeness (QED) is 0.600. The lowest BCUT2D eigenvalue weighted by atomic mass is 9.97. The lowest BCUT2D eigenvalue weighted by molar-refractivity contribution is -0.117. The molecule has 1 aromatic carbocycles. The monoisotopic (exact) mass is 392 g/mol. The van der Waals surface area contributed by atoms with Gasteiger partial charge in [0.15, 0.2) is 15.8 Å². The summed E-state index contributed by atoms with van der Waals surface area (Å²) in [7, 11) is -3.09. The molecule has 8 heteroatoms. The fourth-order valence-electron chi connectivity index (χ4n) is 3.61. The third-order valence-corrected chi connectivity index (χ3v) is 7.80. The van der Waals surface area contributed by atoms with Gasteiger partial charge in [0.05, 0.1) is 16.4 Å². The zero-order chi connectivity index (χ0) is 19.7. The van der Waals surface area contributed by atoms with Gasteiger partial charge in [-0.1, -0.05) is 18.2 Å². The van der Waals surface area contributed by atoms with Crippen molar-refractivity contribution in [3.05, 3.63) is 29.8 Å². The van der Waals surface area contributed by atoms with Crippen molar-refractivity contribution in [3.8, 4) is 0 Å². The van der Waals surface area contributed by atoms with Crippen molar-refractivity contribution in [2.75, 3.05) is 37.2 Å². The first-order valence-corrected chi connectivity index (χ1v) is 11.1. The Kier molecular flexibility index (Phi) is 5.46. The largest absolute Gasteiger partial charge is 0.357 e. The summed E-state index contributed by atoms with van der Waals surface area (Å²) in [6.45, 7) is 7.56. The normalized spacial score (nSPS) is 23.7. The number of hydrogen-bond acceptors (Lipinski definition) is 4. The van der Waals surface area contributed by atoms with Crippen LogP contribution in [0, 0.1) is 0 Å². The molecular formula is C19H28N4O3S. The lowest BCUT2D eigenvalue weighted by Gasteiger charge is -2.39. The third-order valence-electron chi connectivity index (χ3n) is 5.27. The van der Waals surface area contributed by atoms with Crippen molar-refractivity contribution >= 4 is 27.4 Å². The van der Waals surface area contributed by atoms with Gasteiger partial charge in [-0.2, -0.15) is 0 Å². The van der Waals surface area contributed by atoms with E-state index in [1.54, 1.807) is 13.8 Å². The van der Waals surface area contributed by atoms with Gasteiger partial charge >= 0.3 is 0 Å². The van der Waals surface area contributed by atoms with Gasteiger partial charge in [-0.05, 0) is 38.8 Å². The van der Waals surface area contributed by atoms with Crippen LogP contribution in [-0.4, -0.2) is 61.9 Å². The molecular weight excluding hydrogens is 364 g/mol. The molecule has 2 aliphatic rings. The van der Waals surface area contributed by atoms with E-state index < -0.39 is 14.6 Å². The fourth-order valence-corrected chi connectivity index (χ4v) is 4.98. The highest BCUT2D eigenvalue weighted by atomic mass is 32.2. The minimum Gasteiger partial charge on any atom is -0.357 e. The van der Waals surface area contributed by atoms with Crippen molar-refractivity contribution in [2.45, 2.75) is 37.9 Å². The minimum atomic E-state index is -3.09. The van der Waals surface area contributed by atoms with Crippen LogP contribution in [0.1, 0.15) is 38.7 Å². The van der Waals surface area contributed by atoms with E-state index in [0.717, 1.165) is 11.3 Å². The summed E-state index contributed by atoms with van der Waals surface area (Å²) in [5.41, 5.74) is 1.90. The molecule has 0 radical (unpaired) electrons. The number of rotatable bonds is 4. The van der Waals surface area contributed by atoms with Gasteiger partial charge in [0.1, 0.15) is 0 Å². The van der Waals surface area contributed by atoms with Crippen LogP contribution in [0.3, 0.4) is 0 Å². The molecule has 3 rings (SSSR count). The van der Waals surface area contributed by atoms with Crippen LogP contribution in [-0.2, 0) is 14.6 Å². The summed E-state index contributed by atoms with van der Waals surface area (Å²) in [6.07, 6.45) is 0.618. The van der Waals surface area contributed by atoms with E-state index >= 15 is 0 Å². The zero-order valence-corrected chi connectivity index (χ0v) is 17.0. The van der Waals surface area contributed by atoms with Crippen LogP contribution < -0.4 is 10.6 Å². The molecule has 148 valence electrons. The minimum absolute atomic E-state index is 0.0154. The van der Waals surface area contributed by atoms with Gasteiger partial charge in [-0.3, -0.25) is 9.79 Å². The first-order valence-electron chi connectivity index (χ1n) is 9.40. The summed E-state index contributed by atoms with van der Waals surface area (Å²) >= 11 is 0. The van der Waals surface area contributed by atoms with E-state index in [4.69, 9.17) is 0 Å². The Morgan fingerprint density at radius 3 is 2.81 bits per heavy atom. The van der Waals surface area contributed by atoms with Gasteiger partial charge in [-0.15, -0.1) is 0 Å². The standard InChI is InChI=1S/C19H28N4O3S/c1-4-20-18(23-11-12-27(25,26)19(2,3)13-23)21-10-9-15-14-7-5-6-8-16(14)22-17(15)24/h5-8,15H,4,9-13H2,1-3H3,(H,20,21)(H,22,24). The molecule has 1 saturated heterocycles. The topological polar surface area (TPSA) is 90.9 Å². The molecule has 0 aromatic heterocycles. The molecule has 1 amide bonds. The second-order valence-corrected chi connectivity index (χ2v) is 10.4. The Hall–Kier alpha value is -2.09. The first-order chi connectivity index (χ1) is 12.7. The second-order valence-electron chi connectivity index (χ2n) is 7.65. The van der Waals surface area contributed by atoms with Crippen LogP contribution >= 0.6 is 0 Å². The summed E-state index contributed by atoms with van der Waals surface area (Å²) in [5, 5.41) is 6.17. The molecule has 0 aliphatic carbocycles. The van der Waals surface area contributed by atoms with Crippen molar-refractivity contribution in [3.63, 3.8) is 0 Å². The molecule has 27 heavy (non-hydrogen) atoms. The third kappa shape index (κ3) is 3.95. The van der Waals surface area contributed by atoms with E-state index in [2.05, 4.69) is 15.6 Å². The molecule has 1 atom stereocenters. The lowest BCUT2D eigenvalue weighted by Crippen LogP contribution is -2.57. The number of anilines is 1. The second kappa shape index (κ2) is 7.50. The van der Waals surface area contributed by atoms with E-state index in [1.165, 1.54) is 0 Å². The van der Waals surface area contributed by atoms with Gasteiger partial charge in [-0.25, -0.2) is 8.42 Å². The van der Waals surface area contributed by atoms with Crippen molar-refractivity contribution in [1.29, 1.82) is 0 Å². The van der Waals surface area contributed by atoms with Gasteiger partial charge in [0, 0.05) is 31.9 Å². The predicted molar refractivity (Wildman–Crippen MR) is 108 cm³/mol. The van der Waals surface area contributed by atoms with Crippen LogP contribution in [0.4, 0.5) is 5.69 Å². The van der Waals surface area contributed by atoms with E-state index in [9.17, 15) is 13.2 Å². The summed E-state index contributed by atoms with van der Waals surface area (Å²) < 4.78 is 23.7. The highest BCUT2D eigenvalue weighted by Crippen LogP contribution is 2.34. The number of amides is 1. The molecule has 0 bridgehead atoms. The molecule has 1 unspecified atom stereocenters. The maximum Gasteiger partial charge on any atom is 0.232 e. The number of sulfone groups is 1. The van der Waals surface area contributed by atoms with Gasteiger partial charge in [0.25, 0.3) is 0 Å². The number of hydrogen-bond donors (Lipinski definition) is 2. The Bertz CT molecular complexity index is 848. The number of aliphatic imine (C=N–C) groups is 1. The molecule has 1 aromatic rings. The maximum atomic E-state index is 12.2. The van der Waals surface area contributed by atoms with Crippen LogP contribution in [0.2, 0.25) is 0 Å². The molecule has 0 spiro atoms. The average molecular weight is 393 g/mol. The van der Waals surface area contributed by atoms with E-state index in [1.807, 2.05) is 36.1 Å². The molecule has 2 N–H and O–H groups in total. The smallest absolute Gasteiger partial charge is 0.232 e. The van der Waals surface area contributed by atoms with Crippen molar-refractivity contribution < 1.29 is 13.2 Å². The highest BCUT2D eigenvalue weighted by molar-refractivity contribution is 7.92. The Morgan fingerprint density at radius 1 is 1.37 bits per heavy atom. The Morgan fingerprint density at radius 2 is 2.11 bits per heavy atom. The fraction of sp³-hybridized carbons (Fsp3) is 0.579. The highest BCUT2D eigenvalue weighted by Gasteiger charge is 2.41. The van der Waals surface area contributed by atoms with Crippen LogP contribution in [0.15, 0.2) is 29.3 Å². The number of carbonyl (C=O) groups is 1. The summed E-state index contributed by atoms with van der Waals surface area (Å²) in [4.78, 5) is 18.9. The number of fused-ring (bicyclic) bond motifs is 1.